The number of nitrogens with zero attached hydrogens (tertiary/aromatic N) is 1. The number of hydrogen-bond donors (Lipinski definition) is 2. The van der Waals surface area contributed by atoms with Gasteiger partial charge in [0.2, 0.25) is 11.8 Å². The molecule has 1 aromatic heterocycles. The number of benzene rings is 1. The smallest absolute Gasteiger partial charge is 0.238 e. The average molecular weight is 290 g/mol. The van der Waals surface area contributed by atoms with Gasteiger partial charge in [0, 0.05) is 12.1 Å². The number of carbonyl (C=O) groups excluding carboxylic acids is 1. The zero-order chi connectivity index (χ0) is 14.1. The minimum absolute atomic E-state index is 0.0365. The van der Waals surface area contributed by atoms with Crippen molar-refractivity contribution in [3.05, 3.63) is 41.0 Å². The highest BCUT2D eigenvalue weighted by Gasteiger charge is 2.15. The number of anilines is 2. The molecule has 0 bridgehead atoms. The van der Waals surface area contributed by atoms with Crippen LogP contribution < -0.4 is 15.8 Å². The largest absolute Gasteiger partial charge is 0.438 e. The molecule has 5 nitrogen and oxygen atoms in total. The molecule has 0 unspecified atom stereocenters. The average Bonchev–Trinajstić information content (AvgIpc) is 2.42. The second kappa shape index (κ2) is 5.02. The number of pyridine rings is 1. The van der Waals surface area contributed by atoms with Crippen LogP contribution in [0.3, 0.4) is 0 Å². The van der Waals surface area contributed by atoms with Crippen LogP contribution in [0.2, 0.25) is 5.02 Å². The minimum Gasteiger partial charge on any atom is -0.438 e. The first-order valence-electron chi connectivity index (χ1n) is 6.13. The summed E-state index contributed by atoms with van der Waals surface area (Å²) in [5.41, 5.74) is 7.92. The summed E-state index contributed by atoms with van der Waals surface area (Å²) in [6, 6.07) is 7.04. The van der Waals surface area contributed by atoms with E-state index in [9.17, 15) is 4.79 Å². The lowest BCUT2D eigenvalue weighted by molar-refractivity contribution is -0.116. The van der Waals surface area contributed by atoms with Crippen molar-refractivity contribution >= 4 is 28.9 Å². The van der Waals surface area contributed by atoms with Gasteiger partial charge >= 0.3 is 0 Å². The summed E-state index contributed by atoms with van der Waals surface area (Å²) in [6.45, 7) is 0. The van der Waals surface area contributed by atoms with Gasteiger partial charge in [0.1, 0.15) is 10.8 Å². The number of rotatable bonds is 2. The van der Waals surface area contributed by atoms with E-state index in [0.717, 1.165) is 11.3 Å². The van der Waals surface area contributed by atoms with Gasteiger partial charge in [-0.25, -0.2) is 4.98 Å². The molecule has 1 aromatic carbocycles. The Morgan fingerprint density at radius 1 is 1.30 bits per heavy atom. The fourth-order valence-electron chi connectivity index (χ4n) is 2.05. The molecule has 0 saturated heterocycles. The molecule has 0 spiro atoms. The maximum absolute atomic E-state index is 11.3. The van der Waals surface area contributed by atoms with E-state index in [2.05, 4.69) is 10.3 Å². The molecule has 3 N–H and O–H groups in total. The van der Waals surface area contributed by atoms with Crippen LogP contribution in [0.1, 0.15) is 12.0 Å². The molecule has 20 heavy (non-hydrogen) atoms. The SMILES string of the molecule is Nc1cnc(Oc2ccc3c(c2)CCC(=O)N3)c(Cl)c1. The van der Waals surface area contributed by atoms with Crippen molar-refractivity contribution in [2.45, 2.75) is 12.8 Å². The van der Waals surface area contributed by atoms with Gasteiger partial charge in [0.15, 0.2) is 0 Å². The third-order valence-electron chi connectivity index (χ3n) is 3.02. The van der Waals surface area contributed by atoms with Crippen LogP contribution in [-0.4, -0.2) is 10.9 Å². The van der Waals surface area contributed by atoms with Crippen molar-refractivity contribution in [2.75, 3.05) is 11.1 Å². The van der Waals surface area contributed by atoms with E-state index in [0.29, 0.717) is 35.2 Å². The van der Waals surface area contributed by atoms with Crippen molar-refractivity contribution in [3.8, 4) is 11.6 Å². The summed E-state index contributed by atoms with van der Waals surface area (Å²) in [4.78, 5) is 15.3. The van der Waals surface area contributed by atoms with Gasteiger partial charge in [-0.05, 0) is 36.2 Å². The number of carbonyl (C=O) groups is 1. The van der Waals surface area contributed by atoms with Gasteiger partial charge in [0.25, 0.3) is 0 Å². The minimum atomic E-state index is 0.0365. The summed E-state index contributed by atoms with van der Waals surface area (Å²) < 4.78 is 5.65. The van der Waals surface area contributed by atoms with E-state index >= 15 is 0 Å². The monoisotopic (exact) mass is 289 g/mol. The molecule has 0 radical (unpaired) electrons. The van der Waals surface area contributed by atoms with Gasteiger partial charge in [-0.1, -0.05) is 11.6 Å². The molecular weight excluding hydrogens is 278 g/mol. The molecule has 0 saturated carbocycles. The van der Waals surface area contributed by atoms with Gasteiger partial charge < -0.3 is 15.8 Å². The number of halogens is 1. The zero-order valence-corrected chi connectivity index (χ0v) is 11.3. The number of ether oxygens (including phenoxy) is 1. The second-order valence-electron chi connectivity index (χ2n) is 4.52. The second-order valence-corrected chi connectivity index (χ2v) is 4.93. The number of nitrogens with two attached hydrogens (primary N) is 1. The molecule has 0 atom stereocenters. The predicted molar refractivity (Wildman–Crippen MR) is 77.1 cm³/mol. The van der Waals surface area contributed by atoms with Crippen molar-refractivity contribution in [1.82, 2.24) is 4.98 Å². The number of nitrogen functional groups attached to an aromatic ring is 1. The summed E-state index contributed by atoms with van der Waals surface area (Å²) in [6.07, 6.45) is 2.67. The Hall–Kier alpha value is -2.27. The fourth-order valence-corrected chi connectivity index (χ4v) is 2.26. The van der Waals surface area contributed by atoms with Gasteiger partial charge in [-0.3, -0.25) is 4.79 Å². The van der Waals surface area contributed by atoms with Crippen LogP contribution in [0.25, 0.3) is 0 Å². The van der Waals surface area contributed by atoms with Crippen molar-refractivity contribution in [2.24, 2.45) is 0 Å². The summed E-state index contributed by atoms with van der Waals surface area (Å²) in [5, 5.41) is 3.17. The van der Waals surface area contributed by atoms with E-state index < -0.39 is 0 Å². The van der Waals surface area contributed by atoms with E-state index in [1.54, 1.807) is 12.1 Å². The first kappa shape index (κ1) is 12.7. The van der Waals surface area contributed by atoms with E-state index in [1.165, 1.54) is 6.20 Å². The Bertz CT molecular complexity index is 688. The highest BCUT2D eigenvalue weighted by atomic mass is 35.5. The molecule has 6 heteroatoms. The number of nitrogens with one attached hydrogen (secondary N) is 1. The quantitative estimate of drug-likeness (QED) is 0.891. The van der Waals surface area contributed by atoms with Crippen LogP contribution in [0.4, 0.5) is 11.4 Å². The molecule has 2 heterocycles. The molecule has 1 aliphatic heterocycles. The number of aromatic nitrogens is 1. The van der Waals surface area contributed by atoms with Crippen LogP contribution in [0.5, 0.6) is 11.6 Å². The summed E-state index contributed by atoms with van der Waals surface area (Å²) in [5.74, 6) is 0.967. The van der Waals surface area contributed by atoms with Crippen molar-refractivity contribution in [3.63, 3.8) is 0 Å². The first-order valence-corrected chi connectivity index (χ1v) is 6.51. The molecule has 2 aromatic rings. The Morgan fingerprint density at radius 2 is 2.15 bits per heavy atom. The zero-order valence-electron chi connectivity index (χ0n) is 10.5. The lowest BCUT2D eigenvalue weighted by atomic mass is 10.0. The van der Waals surface area contributed by atoms with Gasteiger partial charge in [-0.15, -0.1) is 0 Å². The van der Waals surface area contributed by atoms with Crippen molar-refractivity contribution in [1.29, 1.82) is 0 Å². The van der Waals surface area contributed by atoms with Crippen LogP contribution >= 0.6 is 11.6 Å². The highest BCUT2D eigenvalue weighted by Crippen LogP contribution is 2.32. The van der Waals surface area contributed by atoms with E-state index in [1.807, 2.05) is 12.1 Å². The maximum atomic E-state index is 11.3. The Balaban J connectivity index is 1.86. The lowest BCUT2D eigenvalue weighted by Gasteiger charge is -2.17. The number of hydrogen-bond acceptors (Lipinski definition) is 4. The van der Waals surface area contributed by atoms with E-state index in [-0.39, 0.29) is 5.91 Å². The molecule has 3 rings (SSSR count). The molecule has 0 fully saturated rings. The standard InChI is InChI=1S/C14H12ClN3O2/c15-11-6-9(16)7-17-14(11)20-10-2-3-12-8(5-10)1-4-13(19)18-12/h2-3,5-7H,1,4,16H2,(H,18,19). The van der Waals surface area contributed by atoms with Gasteiger partial charge in [-0.2, -0.15) is 0 Å². The fraction of sp³-hybridized carbons (Fsp3) is 0.143. The highest BCUT2D eigenvalue weighted by molar-refractivity contribution is 6.32. The lowest BCUT2D eigenvalue weighted by Crippen LogP contribution is -2.18. The molecule has 1 aliphatic rings. The molecular formula is C14H12ClN3O2. The third kappa shape index (κ3) is 2.53. The Morgan fingerprint density at radius 3 is 2.95 bits per heavy atom. The predicted octanol–water partition coefficient (Wildman–Crippen LogP) is 2.99. The maximum Gasteiger partial charge on any atom is 0.238 e. The van der Waals surface area contributed by atoms with E-state index in [4.69, 9.17) is 22.1 Å². The Kier molecular flexibility index (Phi) is 3.20. The third-order valence-corrected chi connectivity index (χ3v) is 3.29. The summed E-state index contributed by atoms with van der Waals surface area (Å²) >= 11 is 6.02. The van der Waals surface area contributed by atoms with Crippen LogP contribution in [-0.2, 0) is 11.2 Å². The number of fused-ring (bicyclic) bond motifs is 1. The Labute approximate surface area is 120 Å². The first-order chi connectivity index (χ1) is 9.61. The van der Waals surface area contributed by atoms with Crippen molar-refractivity contribution < 1.29 is 9.53 Å². The normalized spacial score (nSPS) is 13.6. The van der Waals surface area contributed by atoms with Crippen LogP contribution in [0.15, 0.2) is 30.5 Å². The summed E-state index contributed by atoms with van der Waals surface area (Å²) in [7, 11) is 0. The van der Waals surface area contributed by atoms with Crippen LogP contribution in [0, 0.1) is 0 Å². The molecule has 0 aliphatic carbocycles. The van der Waals surface area contributed by atoms with Gasteiger partial charge in [0.05, 0.1) is 11.9 Å². The molecule has 102 valence electrons. The number of amides is 1. The number of aryl methyl sites for hydroxylation is 1. The molecule has 1 amide bonds. The topological polar surface area (TPSA) is 77.2 Å².